The van der Waals surface area contributed by atoms with E-state index in [1.807, 2.05) is 21.7 Å². The van der Waals surface area contributed by atoms with Gasteiger partial charge < -0.3 is 14.5 Å². The lowest BCUT2D eigenvalue weighted by atomic mass is 10.2. The van der Waals surface area contributed by atoms with Crippen LogP contribution in [0.25, 0.3) is 5.65 Å². The molecule has 2 aromatic heterocycles. The van der Waals surface area contributed by atoms with Crippen molar-refractivity contribution in [1.29, 1.82) is 0 Å². The Balaban J connectivity index is 1.37. The topological polar surface area (TPSA) is 63.0 Å². The maximum atomic E-state index is 12.3. The summed E-state index contributed by atoms with van der Waals surface area (Å²) < 4.78 is 7.70. The summed E-state index contributed by atoms with van der Waals surface area (Å²) in [5.41, 5.74) is 2.02. The van der Waals surface area contributed by atoms with Crippen molar-refractivity contribution in [1.82, 2.24) is 19.5 Å². The Bertz CT molecular complexity index is 794. The number of nitrogens with zero attached hydrogens (tertiary/aromatic N) is 5. The Kier molecular flexibility index (Phi) is 3.62. The second-order valence-corrected chi connectivity index (χ2v) is 7.27. The van der Waals surface area contributed by atoms with Gasteiger partial charge in [0.25, 0.3) is 0 Å². The minimum atomic E-state index is -0.230. The van der Waals surface area contributed by atoms with Gasteiger partial charge in [-0.2, -0.15) is 0 Å². The van der Waals surface area contributed by atoms with E-state index in [0.717, 1.165) is 31.6 Å². The molecule has 0 aromatic carbocycles. The van der Waals surface area contributed by atoms with Gasteiger partial charge >= 0.3 is 0 Å². The molecule has 1 amide bonds. The van der Waals surface area contributed by atoms with Crippen molar-refractivity contribution in [2.24, 2.45) is 5.92 Å². The van der Waals surface area contributed by atoms with Crippen molar-refractivity contribution in [2.75, 3.05) is 37.7 Å². The first-order valence-electron chi connectivity index (χ1n) is 9.29. The summed E-state index contributed by atoms with van der Waals surface area (Å²) in [6, 6.07) is 4.13. The third-order valence-corrected chi connectivity index (χ3v) is 5.40. The van der Waals surface area contributed by atoms with Crippen LogP contribution in [0.3, 0.4) is 0 Å². The Morgan fingerprint density at radius 2 is 2.00 bits per heavy atom. The van der Waals surface area contributed by atoms with E-state index >= 15 is 0 Å². The van der Waals surface area contributed by atoms with Crippen molar-refractivity contribution >= 4 is 17.2 Å². The molecule has 1 aliphatic carbocycles. The molecule has 2 aromatic rings. The predicted octanol–water partition coefficient (Wildman–Crippen LogP) is 1.64. The number of fused-ring (bicyclic) bond motifs is 1. The Hall–Kier alpha value is -2.15. The van der Waals surface area contributed by atoms with Crippen LogP contribution >= 0.6 is 0 Å². The summed E-state index contributed by atoms with van der Waals surface area (Å²) in [6.45, 7) is 4.01. The first-order chi connectivity index (χ1) is 12.3. The molecule has 0 radical (unpaired) electrons. The molecule has 0 spiro atoms. The number of aromatic nitrogens is 3. The zero-order valence-corrected chi connectivity index (χ0v) is 14.3. The maximum Gasteiger partial charge on any atom is 0.225 e. The van der Waals surface area contributed by atoms with Crippen LogP contribution in [0.15, 0.2) is 18.3 Å². The molecule has 7 heteroatoms. The number of anilines is 1. The highest BCUT2D eigenvalue weighted by molar-refractivity contribution is 5.81. The Labute approximate surface area is 146 Å². The van der Waals surface area contributed by atoms with Crippen LogP contribution in [-0.4, -0.2) is 58.2 Å². The SMILES string of the molecule is O=C(C1CC1)N1CCOC(c2nc3ccc(N4CCCC4)cn3n2)C1. The average Bonchev–Trinajstić information content (AvgIpc) is 3.18. The van der Waals surface area contributed by atoms with Gasteiger partial charge in [0.15, 0.2) is 11.5 Å². The summed E-state index contributed by atoms with van der Waals surface area (Å²) in [5, 5.41) is 4.64. The lowest BCUT2D eigenvalue weighted by molar-refractivity contribution is -0.140. The molecule has 0 N–H and O–H groups in total. The second kappa shape index (κ2) is 5.98. The monoisotopic (exact) mass is 341 g/mol. The fraction of sp³-hybridized carbons (Fsp3) is 0.611. The van der Waals surface area contributed by atoms with E-state index in [-0.39, 0.29) is 17.9 Å². The van der Waals surface area contributed by atoms with Crippen LogP contribution in [0.5, 0.6) is 0 Å². The number of carbonyl (C=O) groups excluding carboxylic acids is 1. The molecule has 2 aliphatic heterocycles. The summed E-state index contributed by atoms with van der Waals surface area (Å²) in [5.74, 6) is 1.19. The number of hydrogen-bond donors (Lipinski definition) is 0. The molecular weight excluding hydrogens is 318 g/mol. The summed E-state index contributed by atoms with van der Waals surface area (Å²) >= 11 is 0. The highest BCUT2D eigenvalue weighted by Crippen LogP contribution is 2.32. The second-order valence-electron chi connectivity index (χ2n) is 7.27. The first-order valence-corrected chi connectivity index (χ1v) is 9.29. The molecule has 1 saturated carbocycles. The average molecular weight is 341 g/mol. The zero-order valence-electron chi connectivity index (χ0n) is 14.3. The van der Waals surface area contributed by atoms with E-state index < -0.39 is 0 Å². The highest BCUT2D eigenvalue weighted by Gasteiger charge is 2.36. The molecule has 5 rings (SSSR count). The number of rotatable bonds is 3. The zero-order chi connectivity index (χ0) is 16.8. The summed E-state index contributed by atoms with van der Waals surface area (Å²) in [4.78, 5) is 21.3. The van der Waals surface area contributed by atoms with Crippen LogP contribution in [0.2, 0.25) is 0 Å². The molecule has 3 fully saturated rings. The van der Waals surface area contributed by atoms with Crippen molar-refractivity contribution in [3.63, 3.8) is 0 Å². The minimum absolute atomic E-state index is 0.230. The minimum Gasteiger partial charge on any atom is -0.370 e. The van der Waals surface area contributed by atoms with Crippen LogP contribution in [-0.2, 0) is 9.53 Å². The van der Waals surface area contributed by atoms with Gasteiger partial charge in [-0.05, 0) is 37.8 Å². The Morgan fingerprint density at radius 3 is 2.80 bits per heavy atom. The molecule has 4 heterocycles. The Morgan fingerprint density at radius 1 is 1.16 bits per heavy atom. The van der Waals surface area contributed by atoms with Crippen molar-refractivity contribution in [2.45, 2.75) is 31.8 Å². The normalized spacial score (nSPS) is 24.2. The fourth-order valence-electron chi connectivity index (χ4n) is 3.78. The standard InChI is InChI=1S/C18H23N5O2/c24-18(13-3-4-13)22-9-10-25-15(12-22)17-19-16-6-5-14(11-23(16)20-17)21-7-1-2-8-21/h5-6,11,13,15H,1-4,7-10,12H2. The molecule has 3 aliphatic rings. The van der Waals surface area contributed by atoms with Gasteiger partial charge in [-0.1, -0.05) is 0 Å². The molecular formula is C18H23N5O2. The number of morpholine rings is 1. The number of carbonyl (C=O) groups is 1. The molecule has 0 bridgehead atoms. The molecule has 1 atom stereocenters. The van der Waals surface area contributed by atoms with E-state index in [1.54, 1.807) is 0 Å². The van der Waals surface area contributed by atoms with Crippen LogP contribution in [0.1, 0.15) is 37.6 Å². The van der Waals surface area contributed by atoms with Crippen LogP contribution in [0, 0.1) is 5.92 Å². The molecule has 1 unspecified atom stereocenters. The van der Waals surface area contributed by atoms with Crippen LogP contribution < -0.4 is 4.90 Å². The van der Waals surface area contributed by atoms with Gasteiger partial charge in [-0.3, -0.25) is 4.79 Å². The van der Waals surface area contributed by atoms with Gasteiger partial charge in [0.1, 0.15) is 6.10 Å². The lowest BCUT2D eigenvalue weighted by Crippen LogP contribution is -2.43. The lowest BCUT2D eigenvalue weighted by Gasteiger charge is -2.31. The van der Waals surface area contributed by atoms with Crippen molar-refractivity contribution in [3.8, 4) is 0 Å². The quantitative estimate of drug-likeness (QED) is 0.849. The fourth-order valence-corrected chi connectivity index (χ4v) is 3.78. The number of ether oxygens (including phenoxy) is 1. The predicted molar refractivity (Wildman–Crippen MR) is 92.4 cm³/mol. The van der Waals surface area contributed by atoms with Gasteiger partial charge in [-0.25, -0.2) is 9.50 Å². The number of amides is 1. The van der Waals surface area contributed by atoms with Gasteiger partial charge in [-0.15, -0.1) is 5.10 Å². The largest absolute Gasteiger partial charge is 0.370 e. The molecule has 25 heavy (non-hydrogen) atoms. The third-order valence-electron chi connectivity index (χ3n) is 5.40. The molecule has 132 valence electrons. The number of hydrogen-bond acceptors (Lipinski definition) is 5. The van der Waals surface area contributed by atoms with E-state index in [0.29, 0.717) is 25.5 Å². The third kappa shape index (κ3) is 2.86. The number of pyridine rings is 1. The summed E-state index contributed by atoms with van der Waals surface area (Å²) in [7, 11) is 0. The van der Waals surface area contributed by atoms with E-state index in [2.05, 4.69) is 21.0 Å². The highest BCUT2D eigenvalue weighted by atomic mass is 16.5. The molecule has 2 saturated heterocycles. The van der Waals surface area contributed by atoms with Gasteiger partial charge in [0.05, 0.1) is 25.0 Å². The van der Waals surface area contributed by atoms with Crippen molar-refractivity contribution in [3.05, 3.63) is 24.2 Å². The molecule has 7 nitrogen and oxygen atoms in total. The smallest absolute Gasteiger partial charge is 0.225 e. The maximum absolute atomic E-state index is 12.3. The van der Waals surface area contributed by atoms with Gasteiger partial charge in [0.2, 0.25) is 5.91 Å². The summed E-state index contributed by atoms with van der Waals surface area (Å²) in [6.07, 6.45) is 6.39. The van der Waals surface area contributed by atoms with Crippen LogP contribution in [0.4, 0.5) is 5.69 Å². The van der Waals surface area contributed by atoms with E-state index in [1.165, 1.54) is 18.5 Å². The van der Waals surface area contributed by atoms with E-state index in [4.69, 9.17) is 4.74 Å². The van der Waals surface area contributed by atoms with E-state index in [9.17, 15) is 4.79 Å². The van der Waals surface area contributed by atoms with Crippen molar-refractivity contribution < 1.29 is 9.53 Å². The van der Waals surface area contributed by atoms with Gasteiger partial charge in [0, 0.05) is 25.6 Å². The first kappa shape index (κ1) is 15.1.